The second-order valence-corrected chi connectivity index (χ2v) is 15.7. The monoisotopic (exact) mass is 506 g/mol. The van der Waals surface area contributed by atoms with Crippen molar-refractivity contribution in [3.05, 3.63) is 0 Å². The van der Waals surface area contributed by atoms with Crippen molar-refractivity contribution in [2.45, 2.75) is 150 Å². The Balaban J connectivity index is 1.66. The molecular formula is C32H58O4. The summed E-state index contributed by atoms with van der Waals surface area (Å²) in [6, 6.07) is 0. The SMILES string of the molecule is CCO[C@@](C)(CCCC(C)(C)O)C1CC[C@]2(C)C1[C@H](O)CC1[C@@]3(C)CC[C@H](O)C(C)(C)C3CC[C@]12C. The Morgan fingerprint density at radius 2 is 1.47 bits per heavy atom. The van der Waals surface area contributed by atoms with Crippen LogP contribution in [0.3, 0.4) is 0 Å². The number of fused-ring (bicyclic) bond motifs is 5. The van der Waals surface area contributed by atoms with E-state index in [4.69, 9.17) is 4.74 Å². The molecule has 36 heavy (non-hydrogen) atoms. The second-order valence-electron chi connectivity index (χ2n) is 15.7. The van der Waals surface area contributed by atoms with Crippen molar-refractivity contribution in [3.63, 3.8) is 0 Å². The Hall–Kier alpha value is -0.160. The van der Waals surface area contributed by atoms with Crippen LogP contribution in [0.1, 0.15) is 127 Å². The highest BCUT2D eigenvalue weighted by atomic mass is 16.5. The summed E-state index contributed by atoms with van der Waals surface area (Å²) in [5, 5.41) is 33.2. The highest BCUT2D eigenvalue weighted by Gasteiger charge is 2.71. The maximum Gasteiger partial charge on any atom is 0.0686 e. The number of ether oxygens (including phenoxy) is 1. The highest BCUT2D eigenvalue weighted by Crippen LogP contribution is 2.75. The normalized spacial score (nSPS) is 48.0. The van der Waals surface area contributed by atoms with E-state index in [1.807, 2.05) is 13.8 Å². The first-order chi connectivity index (χ1) is 16.5. The van der Waals surface area contributed by atoms with Crippen molar-refractivity contribution in [2.75, 3.05) is 6.61 Å². The van der Waals surface area contributed by atoms with Gasteiger partial charge in [-0.15, -0.1) is 0 Å². The van der Waals surface area contributed by atoms with Gasteiger partial charge in [-0.25, -0.2) is 0 Å². The summed E-state index contributed by atoms with van der Waals surface area (Å²) < 4.78 is 6.56. The molecule has 0 radical (unpaired) electrons. The molecule has 4 saturated carbocycles. The predicted molar refractivity (Wildman–Crippen MR) is 147 cm³/mol. The van der Waals surface area contributed by atoms with E-state index in [0.29, 0.717) is 24.4 Å². The fraction of sp³-hybridized carbons (Fsp3) is 1.00. The summed E-state index contributed by atoms with van der Waals surface area (Å²) in [6.45, 7) is 21.0. The zero-order valence-electron chi connectivity index (χ0n) is 25.0. The summed E-state index contributed by atoms with van der Waals surface area (Å²) in [5.41, 5.74) is -0.553. The Labute approximate surface area is 222 Å². The zero-order chi connectivity index (χ0) is 26.9. The Morgan fingerprint density at radius 3 is 2.08 bits per heavy atom. The third kappa shape index (κ3) is 4.23. The first-order valence-corrected chi connectivity index (χ1v) is 15.2. The smallest absolute Gasteiger partial charge is 0.0686 e. The van der Waals surface area contributed by atoms with E-state index in [0.717, 1.165) is 51.4 Å². The first-order valence-electron chi connectivity index (χ1n) is 15.2. The third-order valence-corrected chi connectivity index (χ3v) is 13.1. The minimum Gasteiger partial charge on any atom is -0.393 e. The minimum atomic E-state index is -0.655. The average molecular weight is 507 g/mol. The number of aliphatic hydroxyl groups is 3. The maximum atomic E-state index is 12.0. The quantitative estimate of drug-likeness (QED) is 0.358. The molecule has 4 aliphatic carbocycles. The van der Waals surface area contributed by atoms with E-state index in [1.165, 1.54) is 12.8 Å². The Kier molecular flexibility index (Phi) is 7.37. The number of aliphatic hydroxyl groups excluding tert-OH is 2. The predicted octanol–water partition coefficient (Wildman–Crippen LogP) is 6.74. The number of hydrogen-bond donors (Lipinski definition) is 3. The zero-order valence-corrected chi connectivity index (χ0v) is 25.0. The van der Waals surface area contributed by atoms with Gasteiger partial charge in [0.05, 0.1) is 23.4 Å². The molecule has 4 rings (SSSR count). The summed E-state index contributed by atoms with van der Waals surface area (Å²) in [7, 11) is 0. The van der Waals surface area contributed by atoms with Gasteiger partial charge in [-0.2, -0.15) is 0 Å². The molecule has 0 saturated heterocycles. The van der Waals surface area contributed by atoms with E-state index < -0.39 is 5.60 Å². The molecule has 0 spiro atoms. The number of hydrogen-bond acceptors (Lipinski definition) is 4. The molecule has 4 aliphatic rings. The van der Waals surface area contributed by atoms with Crippen LogP contribution in [0.5, 0.6) is 0 Å². The van der Waals surface area contributed by atoms with Crippen LogP contribution in [-0.2, 0) is 4.74 Å². The van der Waals surface area contributed by atoms with Crippen LogP contribution in [0.4, 0.5) is 0 Å². The Morgan fingerprint density at radius 1 is 0.833 bits per heavy atom. The maximum absolute atomic E-state index is 12.0. The van der Waals surface area contributed by atoms with Crippen LogP contribution in [0, 0.1) is 45.3 Å². The molecular weight excluding hydrogens is 448 g/mol. The van der Waals surface area contributed by atoms with E-state index >= 15 is 0 Å². The first kappa shape index (κ1) is 28.8. The average Bonchev–Trinajstić information content (AvgIpc) is 3.13. The lowest BCUT2D eigenvalue weighted by atomic mass is 9.35. The molecule has 0 aromatic rings. The highest BCUT2D eigenvalue weighted by molar-refractivity contribution is 5.20. The van der Waals surface area contributed by atoms with Crippen molar-refractivity contribution in [3.8, 4) is 0 Å². The Bertz CT molecular complexity index is 802. The van der Waals surface area contributed by atoms with Crippen molar-refractivity contribution in [1.82, 2.24) is 0 Å². The lowest BCUT2D eigenvalue weighted by molar-refractivity contribution is -0.248. The lowest BCUT2D eigenvalue weighted by Gasteiger charge is -2.70. The van der Waals surface area contributed by atoms with Gasteiger partial charge in [0.15, 0.2) is 0 Å². The van der Waals surface area contributed by atoms with E-state index in [-0.39, 0.29) is 45.4 Å². The van der Waals surface area contributed by atoms with Crippen LogP contribution >= 0.6 is 0 Å². The largest absolute Gasteiger partial charge is 0.393 e. The molecule has 4 nitrogen and oxygen atoms in total. The lowest BCUT2D eigenvalue weighted by Crippen LogP contribution is -2.66. The van der Waals surface area contributed by atoms with Crippen LogP contribution in [-0.4, -0.2) is 45.3 Å². The number of rotatable bonds is 7. The molecule has 0 aromatic heterocycles. The minimum absolute atomic E-state index is 0.0662. The molecule has 0 bridgehead atoms. The van der Waals surface area contributed by atoms with Crippen molar-refractivity contribution in [2.24, 2.45) is 45.3 Å². The molecule has 10 atom stereocenters. The van der Waals surface area contributed by atoms with Gasteiger partial charge >= 0.3 is 0 Å². The van der Waals surface area contributed by atoms with Gasteiger partial charge in [0.2, 0.25) is 0 Å². The molecule has 0 aromatic carbocycles. The van der Waals surface area contributed by atoms with Gasteiger partial charge in [-0.1, -0.05) is 34.6 Å². The van der Waals surface area contributed by atoms with E-state index in [2.05, 4.69) is 48.5 Å². The van der Waals surface area contributed by atoms with Crippen LogP contribution in [0.2, 0.25) is 0 Å². The van der Waals surface area contributed by atoms with Crippen LogP contribution < -0.4 is 0 Å². The van der Waals surface area contributed by atoms with Gasteiger partial charge in [0, 0.05) is 6.61 Å². The third-order valence-electron chi connectivity index (χ3n) is 13.1. The molecule has 0 heterocycles. The molecule has 4 unspecified atom stereocenters. The van der Waals surface area contributed by atoms with E-state index in [1.54, 1.807) is 0 Å². The fourth-order valence-electron chi connectivity index (χ4n) is 11.0. The van der Waals surface area contributed by atoms with Crippen LogP contribution in [0.15, 0.2) is 0 Å². The van der Waals surface area contributed by atoms with Gasteiger partial charge in [0.1, 0.15) is 0 Å². The van der Waals surface area contributed by atoms with Gasteiger partial charge in [0.25, 0.3) is 0 Å². The summed E-state index contributed by atoms with van der Waals surface area (Å²) in [5.74, 6) is 1.58. The van der Waals surface area contributed by atoms with Crippen molar-refractivity contribution in [1.29, 1.82) is 0 Å². The summed E-state index contributed by atoms with van der Waals surface area (Å²) in [4.78, 5) is 0. The fourth-order valence-corrected chi connectivity index (χ4v) is 11.0. The molecule has 3 N–H and O–H groups in total. The van der Waals surface area contributed by atoms with Gasteiger partial charge in [-0.3, -0.25) is 0 Å². The molecule has 4 fully saturated rings. The standard InChI is InChI=1S/C32H58O4/c1-10-36-32(9,16-11-15-27(2,3)35)21-12-18-31(8)26(21)22(33)20-24-29(6)17-14-25(34)28(4,5)23(29)13-19-30(24,31)7/h21-26,33-35H,10-20H2,1-9H3/t21?,22-,23?,24?,25+,26?,29+,30-,31-,32+/m1/s1. The summed E-state index contributed by atoms with van der Waals surface area (Å²) in [6.07, 6.45) is 9.62. The van der Waals surface area contributed by atoms with E-state index in [9.17, 15) is 15.3 Å². The molecule has 0 aliphatic heterocycles. The second kappa shape index (κ2) is 9.20. The van der Waals surface area contributed by atoms with Crippen molar-refractivity contribution < 1.29 is 20.1 Å². The van der Waals surface area contributed by atoms with Crippen molar-refractivity contribution >= 4 is 0 Å². The topological polar surface area (TPSA) is 69.9 Å². The van der Waals surface area contributed by atoms with Gasteiger partial charge < -0.3 is 20.1 Å². The molecule has 0 amide bonds. The summed E-state index contributed by atoms with van der Waals surface area (Å²) >= 11 is 0. The van der Waals surface area contributed by atoms with Crippen LogP contribution in [0.25, 0.3) is 0 Å². The van der Waals surface area contributed by atoms with Gasteiger partial charge in [-0.05, 0) is 137 Å². The molecule has 4 heteroatoms. The molecule has 210 valence electrons.